The number of piperidine rings is 1. The van der Waals surface area contributed by atoms with Crippen molar-refractivity contribution in [3.8, 4) is 10.6 Å². The molecule has 3 rings (SSSR count). The van der Waals surface area contributed by atoms with Gasteiger partial charge in [0.15, 0.2) is 0 Å². The zero-order valence-corrected chi connectivity index (χ0v) is 12.0. The van der Waals surface area contributed by atoms with E-state index in [1.165, 1.54) is 11.1 Å². The Kier molecular flexibility index (Phi) is 3.39. The molecule has 0 saturated carbocycles. The summed E-state index contributed by atoms with van der Waals surface area (Å²) in [5.41, 5.74) is 8.81. The van der Waals surface area contributed by atoms with Gasteiger partial charge in [-0.3, -0.25) is 0 Å². The summed E-state index contributed by atoms with van der Waals surface area (Å²) < 4.78 is 0. The third-order valence-electron chi connectivity index (χ3n) is 3.83. The normalized spacial score (nSPS) is 24.5. The molecule has 4 heteroatoms. The van der Waals surface area contributed by atoms with E-state index in [1.807, 2.05) is 11.6 Å². The molecule has 1 aromatic carbocycles. The number of hydrogen-bond donors (Lipinski definition) is 1. The van der Waals surface area contributed by atoms with E-state index in [2.05, 4.69) is 41.2 Å². The molecule has 1 atom stereocenters. The molecule has 0 bridgehead atoms. The van der Waals surface area contributed by atoms with Crippen molar-refractivity contribution in [2.45, 2.75) is 18.4 Å². The molecule has 3 nitrogen and oxygen atoms in total. The summed E-state index contributed by atoms with van der Waals surface area (Å²) in [6.45, 7) is 2.07. The van der Waals surface area contributed by atoms with E-state index in [-0.39, 0.29) is 5.54 Å². The maximum atomic E-state index is 6.63. The summed E-state index contributed by atoms with van der Waals surface area (Å²) >= 11 is 1.67. The maximum Gasteiger partial charge on any atom is 0.123 e. The summed E-state index contributed by atoms with van der Waals surface area (Å²) in [6, 6.07) is 8.56. The largest absolute Gasteiger partial charge is 0.320 e. The molecule has 1 aliphatic heterocycles. The molecule has 0 spiro atoms. The molecule has 1 unspecified atom stereocenters. The van der Waals surface area contributed by atoms with Gasteiger partial charge in [-0.15, -0.1) is 11.3 Å². The van der Waals surface area contributed by atoms with Gasteiger partial charge in [0.1, 0.15) is 5.01 Å². The number of thiazole rings is 1. The van der Waals surface area contributed by atoms with Gasteiger partial charge in [0.2, 0.25) is 0 Å². The second kappa shape index (κ2) is 5.04. The van der Waals surface area contributed by atoms with Gasteiger partial charge in [0.05, 0.1) is 5.54 Å². The zero-order chi connectivity index (χ0) is 13.3. The number of likely N-dealkylation sites (tertiary alicyclic amines) is 1. The second-order valence-electron chi connectivity index (χ2n) is 5.42. The minimum atomic E-state index is -0.222. The average molecular weight is 273 g/mol. The van der Waals surface area contributed by atoms with Gasteiger partial charge in [-0.1, -0.05) is 18.2 Å². The highest BCUT2D eigenvalue weighted by Gasteiger charge is 2.32. The molecular formula is C15H19N3S. The average Bonchev–Trinajstić information content (AvgIpc) is 2.92. The van der Waals surface area contributed by atoms with Gasteiger partial charge in [0.25, 0.3) is 0 Å². The molecule has 2 N–H and O–H groups in total. The fraction of sp³-hybridized carbons (Fsp3) is 0.400. The van der Waals surface area contributed by atoms with Crippen molar-refractivity contribution < 1.29 is 0 Å². The Hall–Kier alpha value is -1.23. The molecule has 1 aromatic heterocycles. The van der Waals surface area contributed by atoms with Crippen LogP contribution in [0.2, 0.25) is 0 Å². The van der Waals surface area contributed by atoms with E-state index >= 15 is 0 Å². The number of nitrogens with zero attached hydrogens (tertiary/aromatic N) is 2. The molecule has 2 heterocycles. The van der Waals surface area contributed by atoms with Gasteiger partial charge in [0, 0.05) is 23.7 Å². The van der Waals surface area contributed by atoms with E-state index in [0.717, 1.165) is 30.9 Å². The van der Waals surface area contributed by atoms with Crippen molar-refractivity contribution in [1.82, 2.24) is 9.88 Å². The first-order valence-corrected chi connectivity index (χ1v) is 7.53. The molecule has 19 heavy (non-hydrogen) atoms. The van der Waals surface area contributed by atoms with Crippen LogP contribution >= 0.6 is 11.3 Å². The van der Waals surface area contributed by atoms with Crippen LogP contribution in [0.15, 0.2) is 35.8 Å². The van der Waals surface area contributed by atoms with Crippen LogP contribution in [0.25, 0.3) is 10.6 Å². The Labute approximate surface area is 118 Å². The lowest BCUT2D eigenvalue weighted by Crippen LogP contribution is -2.50. The Balaban J connectivity index is 1.95. The Morgan fingerprint density at radius 1 is 1.42 bits per heavy atom. The quantitative estimate of drug-likeness (QED) is 0.914. The SMILES string of the molecule is CN1CCCC(N)(c2cccc(-c3nccs3)c2)C1. The van der Waals surface area contributed by atoms with Crippen molar-refractivity contribution in [1.29, 1.82) is 0 Å². The lowest BCUT2D eigenvalue weighted by Gasteiger charge is -2.39. The first-order chi connectivity index (χ1) is 9.17. The van der Waals surface area contributed by atoms with Gasteiger partial charge in [-0.25, -0.2) is 4.98 Å². The highest BCUT2D eigenvalue weighted by atomic mass is 32.1. The van der Waals surface area contributed by atoms with Crippen LogP contribution in [0.5, 0.6) is 0 Å². The van der Waals surface area contributed by atoms with Crippen molar-refractivity contribution in [2.75, 3.05) is 20.1 Å². The first kappa shape index (κ1) is 12.8. The molecule has 0 aliphatic carbocycles. The van der Waals surface area contributed by atoms with E-state index in [4.69, 9.17) is 5.73 Å². The van der Waals surface area contributed by atoms with Crippen molar-refractivity contribution in [2.24, 2.45) is 5.73 Å². The van der Waals surface area contributed by atoms with Crippen LogP contribution in [0, 0.1) is 0 Å². The van der Waals surface area contributed by atoms with Crippen LogP contribution in [0.4, 0.5) is 0 Å². The van der Waals surface area contributed by atoms with Crippen molar-refractivity contribution in [3.63, 3.8) is 0 Å². The molecular weight excluding hydrogens is 254 g/mol. The highest BCUT2D eigenvalue weighted by molar-refractivity contribution is 7.13. The van der Waals surface area contributed by atoms with Crippen LogP contribution in [-0.4, -0.2) is 30.0 Å². The number of nitrogens with two attached hydrogens (primary N) is 1. The summed E-state index contributed by atoms with van der Waals surface area (Å²) in [7, 11) is 2.14. The monoisotopic (exact) mass is 273 g/mol. The van der Waals surface area contributed by atoms with E-state index in [9.17, 15) is 0 Å². The van der Waals surface area contributed by atoms with Crippen molar-refractivity contribution in [3.05, 3.63) is 41.4 Å². The minimum absolute atomic E-state index is 0.222. The molecule has 1 aliphatic rings. The van der Waals surface area contributed by atoms with E-state index < -0.39 is 0 Å². The molecule has 0 radical (unpaired) electrons. The summed E-state index contributed by atoms with van der Waals surface area (Å²) in [4.78, 5) is 6.70. The third-order valence-corrected chi connectivity index (χ3v) is 4.65. The fourth-order valence-corrected chi connectivity index (χ4v) is 3.50. The first-order valence-electron chi connectivity index (χ1n) is 6.65. The smallest absolute Gasteiger partial charge is 0.123 e. The predicted octanol–water partition coefficient (Wildman–Crippen LogP) is 2.69. The molecule has 1 saturated heterocycles. The molecule has 2 aromatic rings. The third kappa shape index (κ3) is 2.56. The van der Waals surface area contributed by atoms with Crippen LogP contribution < -0.4 is 5.73 Å². The Morgan fingerprint density at radius 2 is 2.32 bits per heavy atom. The van der Waals surface area contributed by atoms with E-state index in [0.29, 0.717) is 0 Å². The summed E-state index contributed by atoms with van der Waals surface area (Å²) in [5.74, 6) is 0. The summed E-state index contributed by atoms with van der Waals surface area (Å²) in [5, 5.41) is 3.07. The number of aromatic nitrogens is 1. The van der Waals surface area contributed by atoms with Crippen molar-refractivity contribution >= 4 is 11.3 Å². The van der Waals surface area contributed by atoms with Crippen LogP contribution in [0.3, 0.4) is 0 Å². The van der Waals surface area contributed by atoms with Gasteiger partial charge in [-0.05, 0) is 38.1 Å². The Morgan fingerprint density at radius 3 is 3.05 bits per heavy atom. The fourth-order valence-electron chi connectivity index (χ4n) is 2.87. The number of hydrogen-bond acceptors (Lipinski definition) is 4. The van der Waals surface area contributed by atoms with E-state index in [1.54, 1.807) is 11.3 Å². The van der Waals surface area contributed by atoms with Crippen LogP contribution in [0.1, 0.15) is 18.4 Å². The topological polar surface area (TPSA) is 42.1 Å². The minimum Gasteiger partial charge on any atom is -0.320 e. The maximum absolute atomic E-state index is 6.63. The molecule has 100 valence electrons. The lowest BCUT2D eigenvalue weighted by molar-refractivity contribution is 0.179. The molecule has 0 amide bonds. The van der Waals surface area contributed by atoms with Gasteiger partial charge in [-0.2, -0.15) is 0 Å². The zero-order valence-electron chi connectivity index (χ0n) is 11.2. The van der Waals surface area contributed by atoms with Gasteiger partial charge >= 0.3 is 0 Å². The number of benzene rings is 1. The standard InChI is InChI=1S/C15H19N3S/c1-18-8-3-6-15(16,11-18)13-5-2-4-12(10-13)14-17-7-9-19-14/h2,4-5,7,9-10H,3,6,8,11,16H2,1H3. The lowest BCUT2D eigenvalue weighted by atomic mass is 9.83. The summed E-state index contributed by atoms with van der Waals surface area (Å²) in [6.07, 6.45) is 4.06. The number of rotatable bonds is 2. The highest BCUT2D eigenvalue weighted by Crippen LogP contribution is 2.31. The number of likely N-dealkylation sites (N-methyl/N-ethyl adjacent to an activating group) is 1. The molecule has 1 fully saturated rings. The van der Waals surface area contributed by atoms with Crippen LogP contribution in [-0.2, 0) is 5.54 Å². The Bertz CT molecular complexity index is 552. The predicted molar refractivity (Wildman–Crippen MR) is 80.1 cm³/mol. The van der Waals surface area contributed by atoms with Gasteiger partial charge < -0.3 is 10.6 Å². The second-order valence-corrected chi connectivity index (χ2v) is 6.31.